The van der Waals surface area contributed by atoms with Gasteiger partial charge in [-0.1, -0.05) is 22.3 Å². The molecule has 16 heavy (non-hydrogen) atoms. The molecule has 0 spiro atoms. The van der Waals surface area contributed by atoms with Crippen molar-refractivity contribution in [2.45, 2.75) is 53.4 Å². The van der Waals surface area contributed by atoms with E-state index < -0.39 is 0 Å². The van der Waals surface area contributed by atoms with Crippen molar-refractivity contribution in [3.05, 3.63) is 22.3 Å². The summed E-state index contributed by atoms with van der Waals surface area (Å²) in [6.45, 7) is 9.36. The van der Waals surface area contributed by atoms with Crippen LogP contribution in [0.1, 0.15) is 53.4 Å². The Balaban J connectivity index is 2.12. The zero-order valence-electron chi connectivity index (χ0n) is 11.1. The first kappa shape index (κ1) is 10.6. The molecular weight excluding hydrogens is 192 g/mol. The maximum Gasteiger partial charge on any atom is -0.0132 e. The van der Waals surface area contributed by atoms with Crippen LogP contribution in [0.5, 0.6) is 0 Å². The molecule has 3 saturated carbocycles. The lowest BCUT2D eigenvalue weighted by molar-refractivity contribution is 0.413. The molecule has 0 amide bonds. The summed E-state index contributed by atoms with van der Waals surface area (Å²) < 4.78 is 0. The van der Waals surface area contributed by atoms with Crippen molar-refractivity contribution >= 4 is 0 Å². The normalized spacial score (nSPS) is 40.5. The van der Waals surface area contributed by atoms with Gasteiger partial charge in [-0.05, 0) is 77.0 Å². The fourth-order valence-electron chi connectivity index (χ4n) is 5.05. The van der Waals surface area contributed by atoms with Crippen molar-refractivity contribution < 1.29 is 0 Å². The van der Waals surface area contributed by atoms with Crippen molar-refractivity contribution in [2.24, 2.45) is 23.7 Å². The fourth-order valence-corrected chi connectivity index (χ4v) is 5.05. The minimum absolute atomic E-state index is 0.929. The Morgan fingerprint density at radius 3 is 1.06 bits per heavy atom. The predicted octanol–water partition coefficient (Wildman–Crippen LogP) is 4.73. The quantitative estimate of drug-likeness (QED) is 0.514. The van der Waals surface area contributed by atoms with Crippen LogP contribution in [0.3, 0.4) is 0 Å². The number of hydrogen-bond acceptors (Lipinski definition) is 0. The molecule has 0 aromatic heterocycles. The number of fused-ring (bicyclic) bond motifs is 6. The van der Waals surface area contributed by atoms with Gasteiger partial charge in [-0.2, -0.15) is 0 Å². The lowest BCUT2D eigenvalue weighted by Crippen LogP contribution is -2.25. The van der Waals surface area contributed by atoms with Crippen LogP contribution in [0.15, 0.2) is 22.3 Å². The monoisotopic (exact) mass is 216 g/mol. The van der Waals surface area contributed by atoms with Gasteiger partial charge in [-0.25, -0.2) is 0 Å². The van der Waals surface area contributed by atoms with Crippen molar-refractivity contribution in [3.8, 4) is 0 Å². The zero-order chi connectivity index (χ0) is 11.4. The Morgan fingerprint density at radius 2 is 0.875 bits per heavy atom. The summed E-state index contributed by atoms with van der Waals surface area (Å²) in [6, 6.07) is 0. The summed E-state index contributed by atoms with van der Waals surface area (Å²) in [5.41, 5.74) is 7.02. The molecule has 4 atom stereocenters. The second-order valence-electron chi connectivity index (χ2n) is 6.49. The second kappa shape index (κ2) is 3.48. The number of hydrogen-bond donors (Lipinski definition) is 0. The Hall–Kier alpha value is -0.520. The van der Waals surface area contributed by atoms with Crippen LogP contribution in [0.4, 0.5) is 0 Å². The van der Waals surface area contributed by atoms with Crippen molar-refractivity contribution in [3.63, 3.8) is 0 Å². The van der Waals surface area contributed by atoms with Crippen LogP contribution < -0.4 is 0 Å². The molecule has 0 saturated heterocycles. The highest BCUT2D eigenvalue weighted by atomic mass is 14.6. The number of allylic oxidation sites excluding steroid dienone is 4. The zero-order valence-corrected chi connectivity index (χ0v) is 11.1. The molecule has 3 rings (SSSR count). The fraction of sp³-hybridized carbons (Fsp3) is 0.750. The molecule has 0 radical (unpaired) electrons. The lowest BCUT2D eigenvalue weighted by atomic mass is 9.70. The standard InChI is InChI=1S/C16H24/c1-9(2)15-11-5-6-12(15)14-8-7-13(11)16(14)10(3)4/h11-14H,5-8H2,1-4H3. The third-order valence-electron chi connectivity index (χ3n) is 5.30. The minimum atomic E-state index is 0.929. The molecule has 0 heterocycles. The molecule has 0 aromatic carbocycles. The molecule has 0 aliphatic heterocycles. The molecule has 0 aromatic rings. The lowest BCUT2D eigenvalue weighted by Gasteiger charge is -2.35. The van der Waals surface area contributed by atoms with Gasteiger partial charge >= 0.3 is 0 Å². The molecule has 4 unspecified atom stereocenters. The SMILES string of the molecule is CC(C)=C1C2CCC1C1CCC2C1=C(C)C. The summed E-state index contributed by atoms with van der Waals surface area (Å²) in [5, 5.41) is 0. The van der Waals surface area contributed by atoms with Gasteiger partial charge < -0.3 is 0 Å². The van der Waals surface area contributed by atoms with E-state index in [0.29, 0.717) is 0 Å². The first-order valence-electron chi connectivity index (χ1n) is 6.95. The van der Waals surface area contributed by atoms with E-state index in [1.165, 1.54) is 25.7 Å². The van der Waals surface area contributed by atoms with Gasteiger partial charge in [0, 0.05) is 0 Å². The molecular formula is C16H24. The Labute approximate surface area is 99.8 Å². The van der Waals surface area contributed by atoms with Crippen molar-refractivity contribution in [1.29, 1.82) is 0 Å². The van der Waals surface area contributed by atoms with Gasteiger partial charge in [0.25, 0.3) is 0 Å². The third-order valence-corrected chi connectivity index (χ3v) is 5.30. The van der Waals surface area contributed by atoms with E-state index in [1.807, 2.05) is 11.1 Å². The van der Waals surface area contributed by atoms with Crippen LogP contribution in [0.2, 0.25) is 0 Å². The van der Waals surface area contributed by atoms with E-state index in [2.05, 4.69) is 27.7 Å². The first-order chi connectivity index (χ1) is 7.61. The topological polar surface area (TPSA) is 0 Å². The minimum Gasteiger partial charge on any atom is -0.0766 e. The van der Waals surface area contributed by atoms with E-state index in [9.17, 15) is 0 Å². The molecule has 3 aliphatic carbocycles. The maximum absolute atomic E-state index is 2.34. The summed E-state index contributed by atoms with van der Waals surface area (Å²) in [7, 11) is 0. The second-order valence-corrected chi connectivity index (χ2v) is 6.49. The smallest absolute Gasteiger partial charge is 0.0132 e. The van der Waals surface area contributed by atoms with Crippen LogP contribution in [-0.4, -0.2) is 0 Å². The molecule has 0 N–H and O–H groups in total. The largest absolute Gasteiger partial charge is 0.0766 e. The van der Waals surface area contributed by atoms with Gasteiger partial charge in [0.1, 0.15) is 0 Å². The van der Waals surface area contributed by atoms with Gasteiger partial charge in [0.05, 0.1) is 0 Å². The van der Waals surface area contributed by atoms with E-state index >= 15 is 0 Å². The highest BCUT2D eigenvalue weighted by molar-refractivity contribution is 5.38. The molecule has 4 bridgehead atoms. The summed E-state index contributed by atoms with van der Waals surface area (Å²) in [6.07, 6.45) is 5.90. The molecule has 0 heteroatoms. The average Bonchev–Trinajstić information content (AvgIpc) is 2.68. The predicted molar refractivity (Wildman–Crippen MR) is 69.2 cm³/mol. The molecule has 3 aliphatic rings. The van der Waals surface area contributed by atoms with E-state index in [-0.39, 0.29) is 0 Å². The van der Waals surface area contributed by atoms with E-state index in [0.717, 1.165) is 23.7 Å². The van der Waals surface area contributed by atoms with E-state index in [4.69, 9.17) is 0 Å². The van der Waals surface area contributed by atoms with Crippen LogP contribution in [0, 0.1) is 23.7 Å². The van der Waals surface area contributed by atoms with E-state index in [1.54, 1.807) is 11.1 Å². The Kier molecular flexibility index (Phi) is 2.31. The van der Waals surface area contributed by atoms with Gasteiger partial charge in [0.2, 0.25) is 0 Å². The molecule has 88 valence electrons. The Bertz CT molecular complexity index is 313. The van der Waals surface area contributed by atoms with Crippen LogP contribution in [-0.2, 0) is 0 Å². The maximum atomic E-state index is 2.34. The Morgan fingerprint density at radius 1 is 0.625 bits per heavy atom. The number of rotatable bonds is 0. The molecule has 3 fully saturated rings. The average molecular weight is 216 g/mol. The third kappa shape index (κ3) is 1.22. The molecule has 0 nitrogen and oxygen atoms in total. The van der Waals surface area contributed by atoms with Gasteiger partial charge in [-0.15, -0.1) is 0 Å². The van der Waals surface area contributed by atoms with Crippen LogP contribution >= 0.6 is 0 Å². The summed E-state index contributed by atoms with van der Waals surface area (Å²) in [5.74, 6) is 3.72. The first-order valence-corrected chi connectivity index (χ1v) is 6.95. The highest BCUT2D eigenvalue weighted by Gasteiger charge is 2.51. The van der Waals surface area contributed by atoms with Gasteiger partial charge in [-0.3, -0.25) is 0 Å². The van der Waals surface area contributed by atoms with Gasteiger partial charge in [0.15, 0.2) is 0 Å². The summed E-state index contributed by atoms with van der Waals surface area (Å²) >= 11 is 0. The van der Waals surface area contributed by atoms with Crippen molar-refractivity contribution in [2.75, 3.05) is 0 Å². The highest BCUT2D eigenvalue weighted by Crippen LogP contribution is 2.62. The van der Waals surface area contributed by atoms with Crippen LogP contribution in [0.25, 0.3) is 0 Å². The van der Waals surface area contributed by atoms with Crippen molar-refractivity contribution in [1.82, 2.24) is 0 Å². The summed E-state index contributed by atoms with van der Waals surface area (Å²) in [4.78, 5) is 0.